The predicted octanol–water partition coefficient (Wildman–Crippen LogP) is 2.05. The third-order valence-corrected chi connectivity index (χ3v) is 3.71. The van der Waals surface area contributed by atoms with Crippen LogP contribution in [-0.2, 0) is 7.05 Å². The largest absolute Gasteiger partial charge is 0.362 e. The molecular formula is C13H23N5O2. The second-order valence-corrected chi connectivity index (χ2v) is 5.36. The highest BCUT2D eigenvalue weighted by Gasteiger charge is 2.18. The second-order valence-electron chi connectivity index (χ2n) is 5.36. The maximum Gasteiger partial charge on any atom is 0.330 e. The van der Waals surface area contributed by atoms with Crippen molar-refractivity contribution >= 4 is 11.5 Å². The number of anilines is 1. The first kappa shape index (κ1) is 14.8. The number of rotatable bonds is 6. The molecule has 112 valence electrons. The standard InChI is InChI=1S/C13H23N5O2/c1-17-10-12(18(19)20)13(16-17)15-9-8-14-11-6-4-2-3-5-7-11/h10-11,14H,2-9H2,1H3,(H,15,16). The van der Waals surface area contributed by atoms with E-state index in [1.165, 1.54) is 49.4 Å². The van der Waals surface area contributed by atoms with Crippen molar-refractivity contribution < 1.29 is 4.92 Å². The highest BCUT2D eigenvalue weighted by molar-refractivity contribution is 5.54. The molecule has 1 saturated carbocycles. The van der Waals surface area contributed by atoms with Crippen molar-refractivity contribution in [2.24, 2.45) is 7.05 Å². The Hall–Kier alpha value is -1.63. The average Bonchev–Trinajstić information content (AvgIpc) is 2.62. The molecule has 0 bridgehead atoms. The van der Waals surface area contributed by atoms with Crippen LogP contribution in [0.5, 0.6) is 0 Å². The van der Waals surface area contributed by atoms with E-state index >= 15 is 0 Å². The van der Waals surface area contributed by atoms with Gasteiger partial charge >= 0.3 is 5.69 Å². The summed E-state index contributed by atoms with van der Waals surface area (Å²) in [7, 11) is 1.68. The summed E-state index contributed by atoms with van der Waals surface area (Å²) in [5, 5.41) is 21.5. The lowest BCUT2D eigenvalue weighted by Crippen LogP contribution is -2.32. The third-order valence-electron chi connectivity index (χ3n) is 3.71. The Kier molecular flexibility index (Phi) is 5.34. The topological polar surface area (TPSA) is 85.0 Å². The summed E-state index contributed by atoms with van der Waals surface area (Å²) in [6, 6.07) is 0.595. The Labute approximate surface area is 118 Å². The molecule has 0 amide bonds. The smallest absolute Gasteiger partial charge is 0.330 e. The SMILES string of the molecule is Cn1cc([N+](=O)[O-])c(NCCNC2CCCCCC2)n1. The summed E-state index contributed by atoms with van der Waals surface area (Å²) in [6.45, 7) is 1.45. The fraction of sp³-hybridized carbons (Fsp3) is 0.769. The van der Waals surface area contributed by atoms with Crippen LogP contribution in [0, 0.1) is 10.1 Å². The maximum absolute atomic E-state index is 10.8. The Balaban J connectivity index is 1.74. The number of nitro groups is 1. The van der Waals surface area contributed by atoms with Crippen molar-refractivity contribution in [2.75, 3.05) is 18.4 Å². The molecule has 1 aromatic heterocycles. The van der Waals surface area contributed by atoms with Crippen LogP contribution in [0.4, 0.5) is 11.5 Å². The van der Waals surface area contributed by atoms with Crippen molar-refractivity contribution in [3.8, 4) is 0 Å². The minimum Gasteiger partial charge on any atom is -0.362 e. The first-order valence-corrected chi connectivity index (χ1v) is 7.32. The monoisotopic (exact) mass is 281 g/mol. The van der Waals surface area contributed by atoms with E-state index in [0.717, 1.165) is 6.54 Å². The van der Waals surface area contributed by atoms with Crippen LogP contribution >= 0.6 is 0 Å². The lowest BCUT2D eigenvalue weighted by Gasteiger charge is -2.16. The number of nitrogens with one attached hydrogen (secondary N) is 2. The molecule has 1 aliphatic rings. The molecule has 0 spiro atoms. The lowest BCUT2D eigenvalue weighted by atomic mass is 10.1. The van der Waals surface area contributed by atoms with Crippen LogP contribution in [0.25, 0.3) is 0 Å². The van der Waals surface area contributed by atoms with Crippen LogP contribution in [0.3, 0.4) is 0 Å². The molecule has 2 N–H and O–H groups in total. The fourth-order valence-electron chi connectivity index (χ4n) is 2.68. The summed E-state index contributed by atoms with van der Waals surface area (Å²) in [5.74, 6) is 0.347. The molecule has 0 radical (unpaired) electrons. The lowest BCUT2D eigenvalue weighted by molar-refractivity contribution is -0.384. The van der Waals surface area contributed by atoms with Crippen LogP contribution in [0.15, 0.2) is 6.20 Å². The predicted molar refractivity (Wildman–Crippen MR) is 77.8 cm³/mol. The Morgan fingerprint density at radius 3 is 2.70 bits per heavy atom. The molecule has 1 fully saturated rings. The molecular weight excluding hydrogens is 258 g/mol. The van der Waals surface area contributed by atoms with Gasteiger partial charge in [-0.2, -0.15) is 0 Å². The number of hydrogen-bond acceptors (Lipinski definition) is 5. The van der Waals surface area contributed by atoms with Gasteiger partial charge in [0.25, 0.3) is 0 Å². The molecule has 0 saturated heterocycles. The summed E-state index contributed by atoms with van der Waals surface area (Å²) in [5.41, 5.74) is 0.0296. The molecule has 0 unspecified atom stereocenters. The van der Waals surface area contributed by atoms with Crippen LogP contribution < -0.4 is 10.6 Å². The average molecular weight is 281 g/mol. The summed E-state index contributed by atoms with van der Waals surface area (Å²) >= 11 is 0. The van der Waals surface area contributed by atoms with E-state index in [4.69, 9.17) is 0 Å². The molecule has 1 aromatic rings. The van der Waals surface area contributed by atoms with E-state index in [1.807, 2.05) is 0 Å². The quantitative estimate of drug-likeness (QED) is 0.361. The van der Waals surface area contributed by atoms with E-state index in [9.17, 15) is 10.1 Å². The van der Waals surface area contributed by atoms with Gasteiger partial charge in [0.05, 0.1) is 4.92 Å². The normalized spacial score (nSPS) is 16.9. The zero-order chi connectivity index (χ0) is 14.4. The van der Waals surface area contributed by atoms with Gasteiger partial charge in [-0.1, -0.05) is 25.7 Å². The van der Waals surface area contributed by atoms with Crippen molar-refractivity contribution in [2.45, 2.75) is 44.6 Å². The molecule has 1 heterocycles. The first-order chi connectivity index (χ1) is 9.66. The second kappa shape index (κ2) is 7.23. The first-order valence-electron chi connectivity index (χ1n) is 7.32. The van der Waals surface area contributed by atoms with Gasteiger partial charge in [0, 0.05) is 26.2 Å². The highest BCUT2D eigenvalue weighted by atomic mass is 16.6. The van der Waals surface area contributed by atoms with Crippen LogP contribution in [0.1, 0.15) is 38.5 Å². The molecule has 1 aliphatic carbocycles. The van der Waals surface area contributed by atoms with Gasteiger partial charge in [-0.3, -0.25) is 14.8 Å². The van der Waals surface area contributed by atoms with E-state index < -0.39 is 4.92 Å². The molecule has 0 aliphatic heterocycles. The number of aryl methyl sites for hydroxylation is 1. The molecule has 20 heavy (non-hydrogen) atoms. The van der Waals surface area contributed by atoms with Crippen molar-refractivity contribution in [1.82, 2.24) is 15.1 Å². The Morgan fingerprint density at radius 1 is 1.35 bits per heavy atom. The van der Waals surface area contributed by atoms with Gasteiger partial charge in [-0.15, -0.1) is 5.10 Å². The van der Waals surface area contributed by atoms with Gasteiger partial charge in [-0.05, 0) is 12.8 Å². The summed E-state index contributed by atoms with van der Waals surface area (Å²) in [4.78, 5) is 10.4. The van der Waals surface area contributed by atoms with Gasteiger partial charge in [0.2, 0.25) is 5.82 Å². The van der Waals surface area contributed by atoms with E-state index in [2.05, 4.69) is 15.7 Å². The van der Waals surface area contributed by atoms with Gasteiger partial charge in [-0.25, -0.2) is 0 Å². The minimum atomic E-state index is -0.409. The highest BCUT2D eigenvalue weighted by Crippen LogP contribution is 2.21. The Bertz CT molecular complexity index is 438. The van der Waals surface area contributed by atoms with E-state index in [0.29, 0.717) is 18.4 Å². The zero-order valence-corrected chi connectivity index (χ0v) is 12.0. The van der Waals surface area contributed by atoms with Crippen LogP contribution in [-0.4, -0.2) is 33.8 Å². The summed E-state index contributed by atoms with van der Waals surface area (Å²) < 4.78 is 1.46. The van der Waals surface area contributed by atoms with Crippen LogP contribution in [0.2, 0.25) is 0 Å². The van der Waals surface area contributed by atoms with E-state index in [-0.39, 0.29) is 5.69 Å². The molecule has 7 nitrogen and oxygen atoms in total. The minimum absolute atomic E-state index is 0.0296. The van der Waals surface area contributed by atoms with Gasteiger partial charge in [0.1, 0.15) is 6.20 Å². The van der Waals surface area contributed by atoms with Gasteiger partial charge < -0.3 is 10.6 Å². The molecule has 7 heteroatoms. The Morgan fingerprint density at radius 2 is 2.05 bits per heavy atom. The van der Waals surface area contributed by atoms with E-state index in [1.54, 1.807) is 7.05 Å². The molecule has 0 aromatic carbocycles. The molecule has 0 atom stereocenters. The van der Waals surface area contributed by atoms with Crippen molar-refractivity contribution in [3.63, 3.8) is 0 Å². The fourth-order valence-corrected chi connectivity index (χ4v) is 2.68. The number of hydrogen-bond donors (Lipinski definition) is 2. The summed E-state index contributed by atoms with van der Waals surface area (Å²) in [6.07, 6.45) is 9.19. The zero-order valence-electron chi connectivity index (χ0n) is 12.0. The van der Waals surface area contributed by atoms with Crippen molar-refractivity contribution in [1.29, 1.82) is 0 Å². The third kappa shape index (κ3) is 4.19. The van der Waals surface area contributed by atoms with Gasteiger partial charge in [0.15, 0.2) is 0 Å². The van der Waals surface area contributed by atoms with Crippen molar-refractivity contribution in [3.05, 3.63) is 16.3 Å². The number of aromatic nitrogens is 2. The number of nitrogens with zero attached hydrogens (tertiary/aromatic N) is 3. The maximum atomic E-state index is 10.8. The molecule has 2 rings (SSSR count).